The lowest BCUT2D eigenvalue weighted by molar-refractivity contribution is -0.151. The number of aliphatic hydroxyl groups is 3. The third-order valence-electron chi connectivity index (χ3n) is 3.59. The zero-order chi connectivity index (χ0) is 15.3. The van der Waals surface area contributed by atoms with Gasteiger partial charge in [0, 0.05) is 12.0 Å². The minimum atomic E-state index is -1.33. The van der Waals surface area contributed by atoms with Crippen LogP contribution < -0.4 is 5.32 Å². The molecule has 0 saturated carbocycles. The summed E-state index contributed by atoms with van der Waals surface area (Å²) >= 11 is 0. The minimum Gasteiger partial charge on any atom is -0.480 e. The van der Waals surface area contributed by atoms with Gasteiger partial charge in [0.05, 0.1) is 13.7 Å². The summed E-state index contributed by atoms with van der Waals surface area (Å²) in [5.74, 6) is -0.800. The molecule has 0 amide bonds. The molecule has 1 heterocycles. The van der Waals surface area contributed by atoms with Gasteiger partial charge in [0.2, 0.25) is 5.76 Å². The zero-order valence-electron chi connectivity index (χ0n) is 11.9. The predicted molar refractivity (Wildman–Crippen MR) is 70.7 cm³/mol. The van der Waals surface area contributed by atoms with E-state index in [1.165, 1.54) is 7.11 Å². The third-order valence-corrected chi connectivity index (χ3v) is 3.59. The van der Waals surface area contributed by atoms with Crippen molar-refractivity contribution in [3.05, 3.63) is 11.8 Å². The van der Waals surface area contributed by atoms with Crippen molar-refractivity contribution in [3.8, 4) is 0 Å². The number of rotatable bonds is 6. The number of hydrogen-bond donors (Lipinski definition) is 4. The van der Waals surface area contributed by atoms with Gasteiger partial charge >= 0.3 is 5.97 Å². The van der Waals surface area contributed by atoms with Crippen molar-refractivity contribution in [1.82, 2.24) is 5.32 Å². The van der Waals surface area contributed by atoms with Crippen molar-refractivity contribution in [3.63, 3.8) is 0 Å². The zero-order valence-corrected chi connectivity index (χ0v) is 11.9. The van der Waals surface area contributed by atoms with Gasteiger partial charge in [0.25, 0.3) is 0 Å². The fourth-order valence-corrected chi connectivity index (χ4v) is 2.41. The average Bonchev–Trinajstić information content (AvgIpc) is 2.50. The van der Waals surface area contributed by atoms with Gasteiger partial charge < -0.3 is 30.1 Å². The maximum Gasteiger partial charge on any atom is 0.373 e. The normalized spacial score (nSPS) is 29.1. The molecule has 5 unspecified atom stereocenters. The molecule has 20 heavy (non-hydrogen) atoms. The Morgan fingerprint density at radius 3 is 2.65 bits per heavy atom. The Labute approximate surface area is 118 Å². The van der Waals surface area contributed by atoms with Crippen LogP contribution in [0.4, 0.5) is 0 Å². The first-order valence-electron chi connectivity index (χ1n) is 6.61. The molecule has 7 nitrogen and oxygen atoms in total. The molecule has 0 aromatic heterocycles. The molecule has 0 bridgehead atoms. The molecule has 0 aromatic carbocycles. The van der Waals surface area contributed by atoms with E-state index < -0.39 is 30.9 Å². The summed E-state index contributed by atoms with van der Waals surface area (Å²) in [6.07, 6.45) is -1.17. The Balaban J connectivity index is 3.03. The maximum atomic E-state index is 11.6. The van der Waals surface area contributed by atoms with E-state index in [0.717, 1.165) is 0 Å². The van der Waals surface area contributed by atoms with E-state index in [4.69, 9.17) is 9.84 Å². The van der Waals surface area contributed by atoms with Crippen LogP contribution in [0.15, 0.2) is 11.8 Å². The molecule has 0 fully saturated rings. The second-order valence-electron chi connectivity index (χ2n) is 4.73. The fourth-order valence-electron chi connectivity index (χ4n) is 2.41. The first-order chi connectivity index (χ1) is 9.49. The highest BCUT2D eigenvalue weighted by Gasteiger charge is 2.41. The summed E-state index contributed by atoms with van der Waals surface area (Å²) in [4.78, 5) is 11.6. The lowest BCUT2D eigenvalue weighted by Gasteiger charge is -2.39. The van der Waals surface area contributed by atoms with Crippen LogP contribution in [0.5, 0.6) is 0 Å². The molecule has 5 atom stereocenters. The molecule has 1 aliphatic heterocycles. The Kier molecular flexibility index (Phi) is 6.41. The predicted octanol–water partition coefficient (Wildman–Crippen LogP) is -1.23. The first kappa shape index (κ1) is 16.9. The highest BCUT2D eigenvalue weighted by Crippen LogP contribution is 2.29. The molecule has 116 valence electrons. The fraction of sp³-hybridized carbons (Fsp3) is 0.769. The van der Waals surface area contributed by atoms with Crippen molar-refractivity contribution in [2.24, 2.45) is 5.92 Å². The van der Waals surface area contributed by atoms with Gasteiger partial charge in [0.15, 0.2) is 0 Å². The van der Waals surface area contributed by atoms with Gasteiger partial charge in [-0.15, -0.1) is 0 Å². The molecule has 0 radical (unpaired) electrons. The second-order valence-corrected chi connectivity index (χ2v) is 4.73. The van der Waals surface area contributed by atoms with Crippen molar-refractivity contribution in [2.45, 2.75) is 37.7 Å². The summed E-state index contributed by atoms with van der Waals surface area (Å²) in [6, 6.07) is -0.201. The third kappa shape index (κ3) is 3.49. The number of ether oxygens (including phenoxy) is 2. The Morgan fingerprint density at radius 2 is 2.20 bits per heavy atom. The van der Waals surface area contributed by atoms with Gasteiger partial charge in [-0.25, -0.2) is 4.79 Å². The quantitative estimate of drug-likeness (QED) is 0.453. The number of likely N-dealkylation sites (N-methyl/N-ethyl adjacent to an activating group) is 1. The summed E-state index contributed by atoms with van der Waals surface area (Å²) < 4.78 is 10.1. The molecule has 0 saturated heterocycles. The number of esters is 1. The molecule has 0 spiro atoms. The summed E-state index contributed by atoms with van der Waals surface area (Å²) in [5.41, 5.74) is 0. The Hall–Kier alpha value is -1.15. The van der Waals surface area contributed by atoms with Crippen LogP contribution >= 0.6 is 0 Å². The van der Waals surface area contributed by atoms with Crippen molar-refractivity contribution in [2.75, 3.05) is 20.8 Å². The van der Waals surface area contributed by atoms with Gasteiger partial charge in [-0.05, 0) is 19.5 Å². The molecule has 7 heteroatoms. The number of hydrogen-bond acceptors (Lipinski definition) is 7. The lowest BCUT2D eigenvalue weighted by Crippen LogP contribution is -2.53. The standard InChI is InChI=1S/C13H23NO6/c1-4-7-8(14-2)5-10(13(18)19-3)20-12(7)11(17)9(16)6-15/h5,7-9,11-12,14-17H,4,6H2,1-3H3. The van der Waals surface area contributed by atoms with E-state index in [0.29, 0.717) is 6.42 Å². The van der Waals surface area contributed by atoms with Crippen LogP contribution in [0.2, 0.25) is 0 Å². The van der Waals surface area contributed by atoms with Crippen LogP contribution in [0.25, 0.3) is 0 Å². The molecule has 4 N–H and O–H groups in total. The van der Waals surface area contributed by atoms with Crippen LogP contribution in [0.3, 0.4) is 0 Å². The van der Waals surface area contributed by atoms with E-state index >= 15 is 0 Å². The minimum absolute atomic E-state index is 0.00857. The first-order valence-corrected chi connectivity index (χ1v) is 6.61. The highest BCUT2D eigenvalue weighted by atomic mass is 16.6. The van der Waals surface area contributed by atoms with Gasteiger partial charge in [-0.3, -0.25) is 0 Å². The number of nitrogens with one attached hydrogen (secondary N) is 1. The van der Waals surface area contributed by atoms with E-state index in [1.807, 2.05) is 6.92 Å². The molecule has 0 aliphatic carbocycles. The number of carbonyl (C=O) groups is 1. The lowest BCUT2D eigenvalue weighted by atomic mass is 9.84. The molecular formula is C13H23NO6. The SMILES string of the molecule is CCC1C(NC)C=C(C(=O)OC)OC1C(O)C(O)CO. The average molecular weight is 289 g/mol. The second kappa shape index (κ2) is 7.58. The van der Waals surface area contributed by atoms with Crippen LogP contribution in [-0.2, 0) is 14.3 Å². The summed E-state index contributed by atoms with van der Waals surface area (Å²) in [7, 11) is 2.97. The van der Waals surface area contributed by atoms with Crippen molar-refractivity contribution < 1.29 is 29.6 Å². The highest BCUT2D eigenvalue weighted by molar-refractivity contribution is 5.86. The Morgan fingerprint density at radius 1 is 1.55 bits per heavy atom. The smallest absolute Gasteiger partial charge is 0.373 e. The van der Waals surface area contributed by atoms with Crippen LogP contribution in [0.1, 0.15) is 13.3 Å². The van der Waals surface area contributed by atoms with Gasteiger partial charge in [0.1, 0.15) is 18.3 Å². The van der Waals surface area contributed by atoms with Crippen molar-refractivity contribution in [1.29, 1.82) is 0 Å². The van der Waals surface area contributed by atoms with Crippen molar-refractivity contribution >= 4 is 5.97 Å². The van der Waals surface area contributed by atoms with Crippen LogP contribution in [0, 0.1) is 5.92 Å². The van der Waals surface area contributed by atoms with Gasteiger partial charge in [-0.1, -0.05) is 6.92 Å². The maximum absolute atomic E-state index is 11.6. The number of carbonyl (C=O) groups excluding carboxylic acids is 1. The van der Waals surface area contributed by atoms with E-state index in [2.05, 4.69) is 10.1 Å². The van der Waals surface area contributed by atoms with Crippen LogP contribution in [-0.4, -0.2) is 66.4 Å². The summed E-state index contributed by atoms with van der Waals surface area (Å²) in [6.45, 7) is 1.33. The topological polar surface area (TPSA) is 108 Å². The largest absolute Gasteiger partial charge is 0.480 e. The Bertz CT molecular complexity index is 359. The number of methoxy groups -OCH3 is 1. The van der Waals surface area contributed by atoms with E-state index in [-0.39, 0.29) is 17.7 Å². The van der Waals surface area contributed by atoms with E-state index in [9.17, 15) is 15.0 Å². The van der Waals surface area contributed by atoms with E-state index in [1.54, 1.807) is 13.1 Å². The molecular weight excluding hydrogens is 266 g/mol. The monoisotopic (exact) mass is 289 g/mol. The summed E-state index contributed by atoms with van der Waals surface area (Å²) in [5, 5.41) is 31.7. The molecule has 0 aromatic rings. The number of aliphatic hydroxyl groups excluding tert-OH is 3. The van der Waals surface area contributed by atoms with Gasteiger partial charge in [-0.2, -0.15) is 0 Å². The molecule has 1 aliphatic rings. The molecule has 1 rings (SSSR count).